The molecule has 12 N–H and O–H groups in total. The molecule has 1 heterocycles. The smallest absolute Gasteiger partial charge is 0.326 e. The zero-order valence-corrected chi connectivity index (χ0v) is 66.7. The molecule has 0 unspecified atom stereocenters. The molecule has 0 bridgehead atoms. The van der Waals surface area contributed by atoms with Crippen LogP contribution in [-0.4, -0.2) is 207 Å². The van der Waals surface area contributed by atoms with Crippen molar-refractivity contribution in [1.29, 1.82) is 0 Å². The number of carboxylic acids is 1. The molecule has 3 rings (SSSR count). The van der Waals surface area contributed by atoms with E-state index in [2.05, 4.69) is 47.9 Å². The largest absolute Gasteiger partial charge is 0.480 e. The summed E-state index contributed by atoms with van der Waals surface area (Å²) in [5.41, 5.74) is 2.63. The Morgan fingerprint density at radius 2 is 0.780 bits per heavy atom. The van der Waals surface area contributed by atoms with Gasteiger partial charge < -0.3 is 87.3 Å². The summed E-state index contributed by atoms with van der Waals surface area (Å²) in [6.07, 6.45) is -2.73. The highest BCUT2D eigenvalue weighted by Gasteiger charge is 2.42. The summed E-state index contributed by atoms with van der Waals surface area (Å²) >= 11 is 0. The molecule has 10 amide bonds. The summed E-state index contributed by atoms with van der Waals surface area (Å²) in [6.45, 7) is 30.1. The summed E-state index contributed by atoms with van der Waals surface area (Å²) in [5, 5.41) is 33.3. The Balaban J connectivity index is 1.94. The number of aliphatic carboxylic acids is 1. The van der Waals surface area contributed by atoms with Crippen molar-refractivity contribution in [3.05, 3.63) is 71.8 Å². The van der Waals surface area contributed by atoms with Gasteiger partial charge in [-0.15, -0.1) is 0 Å². The van der Waals surface area contributed by atoms with Gasteiger partial charge in [0, 0.05) is 38.6 Å². The van der Waals surface area contributed by atoms with Gasteiger partial charge in [-0.3, -0.25) is 67.1 Å². The van der Waals surface area contributed by atoms with Crippen LogP contribution in [0.4, 0.5) is 0 Å². The van der Waals surface area contributed by atoms with Crippen molar-refractivity contribution in [3.63, 3.8) is 0 Å². The van der Waals surface area contributed by atoms with E-state index in [4.69, 9.17) is 29.4 Å². The number of rotatable bonds is 39. The van der Waals surface area contributed by atoms with Crippen LogP contribution in [-0.2, 0) is 108 Å². The summed E-state index contributed by atoms with van der Waals surface area (Å²) < 4.78 is 27.6. The van der Waals surface area contributed by atoms with Crippen molar-refractivity contribution in [2.45, 2.75) is 303 Å². The normalized spacial score (nSPS) is 16.0. The van der Waals surface area contributed by atoms with Gasteiger partial charge in [0.2, 0.25) is 59.1 Å². The number of benzene rings is 2. The zero-order chi connectivity index (χ0) is 82.7. The Bertz CT molecular complexity index is 3470. The monoisotopic (exact) mass is 1530 g/mol. The number of nitrogens with zero attached hydrogens (tertiary/aromatic N) is 1. The fourth-order valence-corrected chi connectivity index (χ4v) is 11.0. The molecule has 11 atom stereocenters. The standard InChI is InChI=1S/C77H119N11O21/c1-44(2)39-53(68(99)83-52(34-37-60(91)108-76(14,15)16)66(97)86-55(72(103)104)41-48-29-24-21-25-30-48)84-70(101)57-31-26-38-88(57)71(102)54(40-47-27-22-20-23-28-47)85-63(94)46(4)79-65(96)50(32-35-58(89)106-74(8,9)10)81-62(93)45(3)80-69(100)56(43-105-73(5,6)7)87-67(98)51(33-36-59(90)107-75(11,12)13)82-64(95)49(78)42-61(92)109-77(17,18)19/h20-25,27-30,44-46,49-57H,26,31-43,78H2,1-19H3,(H,79,96)(H,80,100)(H,81,93)(H,82,95)(H,83,99)(H,84,101)(H,85,94)(H,86,97)(H,87,98)(H,103,104)/t45-,46-,49-,50-,51-,52-,53-,54-,55-,56-,57-/m0/s1. The minimum atomic E-state index is -1.62. The number of nitrogens with one attached hydrogen (secondary N) is 9. The lowest BCUT2D eigenvalue weighted by Crippen LogP contribution is -2.60. The highest BCUT2D eigenvalue weighted by atomic mass is 16.6. The number of likely N-dealkylation sites (tertiary alicyclic amines) is 1. The molecule has 0 aliphatic carbocycles. The maximum absolute atomic E-state index is 15.0. The first-order chi connectivity index (χ1) is 50.3. The molecular formula is C77H119N11O21. The van der Waals surface area contributed by atoms with Gasteiger partial charge in [0.05, 0.1) is 24.7 Å². The van der Waals surface area contributed by atoms with Crippen molar-refractivity contribution in [2.24, 2.45) is 11.7 Å². The lowest BCUT2D eigenvalue weighted by atomic mass is 10.0. The molecular weight excluding hydrogens is 1410 g/mol. The van der Waals surface area contributed by atoms with E-state index in [1.54, 1.807) is 178 Å². The number of ether oxygens (including phenoxy) is 5. The van der Waals surface area contributed by atoms with Crippen LogP contribution in [0.15, 0.2) is 60.7 Å². The van der Waals surface area contributed by atoms with Gasteiger partial charge in [0.25, 0.3) is 0 Å². The molecule has 0 spiro atoms. The topological polar surface area (TPSA) is 460 Å². The van der Waals surface area contributed by atoms with Gasteiger partial charge in [-0.05, 0) is 173 Å². The maximum Gasteiger partial charge on any atom is 0.326 e. The predicted octanol–water partition coefficient (Wildman–Crippen LogP) is 3.24. The molecule has 32 heteroatoms. The van der Waals surface area contributed by atoms with Crippen LogP contribution in [0.25, 0.3) is 0 Å². The van der Waals surface area contributed by atoms with Crippen LogP contribution < -0.4 is 53.6 Å². The van der Waals surface area contributed by atoms with Gasteiger partial charge in [-0.1, -0.05) is 74.5 Å². The fraction of sp³-hybridized carbons (Fsp3) is 0.649. The second kappa shape index (κ2) is 42.4. The van der Waals surface area contributed by atoms with Crippen LogP contribution in [0.3, 0.4) is 0 Å². The number of nitrogens with two attached hydrogens (primary N) is 1. The Hall–Kier alpha value is -9.59. The SMILES string of the molecule is CC(C)C[C@H](NC(=O)[C@@H]1CCCN1C(=O)[C@H](Cc1ccccc1)NC(=O)[C@H](C)NC(=O)[C@H](CCC(=O)OC(C)(C)C)NC(=O)[C@H](C)NC(=O)[C@H](COC(C)(C)C)NC(=O)[C@H](CCC(=O)OC(C)(C)C)NC(=O)[C@@H](N)CC(=O)OC(C)(C)C)C(=O)N[C@@H](CCC(=O)OC(C)(C)C)C(=O)N[C@@H](Cc1ccccc1)C(=O)O. The maximum atomic E-state index is 15.0. The van der Waals surface area contributed by atoms with E-state index in [-0.39, 0.29) is 57.4 Å². The molecule has 0 radical (unpaired) electrons. The predicted molar refractivity (Wildman–Crippen MR) is 400 cm³/mol. The number of amides is 10. The molecule has 608 valence electrons. The van der Waals surface area contributed by atoms with Gasteiger partial charge >= 0.3 is 29.8 Å². The Kier molecular flexibility index (Phi) is 36.4. The number of hydrogen-bond acceptors (Lipinski definition) is 21. The second-order valence-corrected chi connectivity index (χ2v) is 32.6. The van der Waals surface area contributed by atoms with E-state index >= 15 is 4.79 Å². The van der Waals surface area contributed by atoms with Gasteiger partial charge in [0.15, 0.2) is 0 Å². The van der Waals surface area contributed by atoms with Crippen LogP contribution in [0.1, 0.15) is 207 Å². The number of esters is 4. The Morgan fingerprint density at radius 1 is 0.431 bits per heavy atom. The Labute approximate surface area is 639 Å². The first-order valence-electron chi connectivity index (χ1n) is 36.9. The average molecular weight is 1530 g/mol. The van der Waals surface area contributed by atoms with Crippen LogP contribution in [0, 0.1) is 5.92 Å². The molecule has 0 aromatic heterocycles. The lowest BCUT2D eigenvalue weighted by Gasteiger charge is -2.31. The molecule has 1 aliphatic heterocycles. The molecule has 109 heavy (non-hydrogen) atoms. The number of carbonyl (C=O) groups excluding carboxylic acids is 14. The van der Waals surface area contributed by atoms with E-state index in [1.165, 1.54) is 18.7 Å². The van der Waals surface area contributed by atoms with E-state index in [0.717, 1.165) is 0 Å². The first-order valence-corrected chi connectivity index (χ1v) is 36.9. The highest BCUT2D eigenvalue weighted by molar-refractivity contribution is 5.99. The van der Waals surface area contributed by atoms with Crippen molar-refractivity contribution in [3.8, 4) is 0 Å². The number of carbonyl (C=O) groups is 15. The fourth-order valence-electron chi connectivity index (χ4n) is 11.0. The average Bonchev–Trinajstić information content (AvgIpc) is 1.74. The third kappa shape index (κ3) is 36.9. The highest BCUT2D eigenvalue weighted by Crippen LogP contribution is 2.23. The van der Waals surface area contributed by atoms with Crippen molar-refractivity contribution < 1.29 is 101 Å². The first kappa shape index (κ1) is 93.6. The van der Waals surface area contributed by atoms with E-state index in [0.29, 0.717) is 17.5 Å². The summed E-state index contributed by atoms with van der Waals surface area (Å²) in [7, 11) is 0. The van der Waals surface area contributed by atoms with Gasteiger partial charge in [0.1, 0.15) is 82.8 Å². The van der Waals surface area contributed by atoms with Crippen molar-refractivity contribution in [1.82, 2.24) is 52.8 Å². The van der Waals surface area contributed by atoms with Crippen LogP contribution in [0.5, 0.6) is 0 Å². The van der Waals surface area contributed by atoms with Crippen LogP contribution in [0.2, 0.25) is 0 Å². The third-order valence-corrected chi connectivity index (χ3v) is 16.0. The molecule has 1 fully saturated rings. The van der Waals surface area contributed by atoms with E-state index in [1.807, 2.05) is 0 Å². The lowest BCUT2D eigenvalue weighted by molar-refractivity contribution is -0.157. The molecule has 2 aromatic carbocycles. The number of carboxylic acid groups (broad SMARTS) is 1. The second-order valence-electron chi connectivity index (χ2n) is 32.6. The molecule has 0 saturated carbocycles. The molecule has 1 saturated heterocycles. The summed E-state index contributed by atoms with van der Waals surface area (Å²) in [4.78, 5) is 209. The van der Waals surface area contributed by atoms with Crippen molar-refractivity contribution in [2.75, 3.05) is 13.2 Å². The third-order valence-electron chi connectivity index (χ3n) is 16.0. The Morgan fingerprint density at radius 3 is 1.18 bits per heavy atom. The minimum absolute atomic E-state index is 0.0170. The van der Waals surface area contributed by atoms with E-state index in [9.17, 15) is 72.2 Å². The molecule has 2 aromatic rings. The quantitative estimate of drug-likeness (QED) is 0.0338. The minimum Gasteiger partial charge on any atom is -0.480 e. The number of hydrogen-bond donors (Lipinski definition) is 11. The summed E-state index contributed by atoms with van der Waals surface area (Å²) in [6, 6.07) is 0.860. The van der Waals surface area contributed by atoms with E-state index < -0.39 is 216 Å². The van der Waals surface area contributed by atoms with Gasteiger partial charge in [-0.2, -0.15) is 0 Å². The van der Waals surface area contributed by atoms with Crippen LogP contribution >= 0.6 is 0 Å². The van der Waals surface area contributed by atoms with Crippen molar-refractivity contribution >= 4 is 88.9 Å². The summed E-state index contributed by atoms with van der Waals surface area (Å²) in [5.74, 6) is -13.8. The molecule has 32 nitrogen and oxygen atoms in total. The molecule has 1 aliphatic rings. The van der Waals surface area contributed by atoms with Gasteiger partial charge in [-0.25, -0.2) is 4.79 Å². The zero-order valence-electron chi connectivity index (χ0n) is 66.7.